The lowest BCUT2D eigenvalue weighted by molar-refractivity contribution is -0.140. The van der Waals surface area contributed by atoms with Gasteiger partial charge in [0.1, 0.15) is 11.8 Å². The number of ether oxygens (including phenoxy) is 1. The summed E-state index contributed by atoms with van der Waals surface area (Å²) >= 11 is 1.58. The van der Waals surface area contributed by atoms with E-state index in [0.29, 0.717) is 25.9 Å². The lowest BCUT2D eigenvalue weighted by Crippen LogP contribution is -2.48. The Morgan fingerprint density at radius 1 is 1.21 bits per heavy atom. The summed E-state index contributed by atoms with van der Waals surface area (Å²) in [7, 11) is 0. The third-order valence-electron chi connectivity index (χ3n) is 4.79. The summed E-state index contributed by atoms with van der Waals surface area (Å²) < 4.78 is 5.70. The minimum absolute atomic E-state index is 0.0112. The Kier molecular flexibility index (Phi) is 7.09. The number of thiophene rings is 1. The zero-order valence-corrected chi connectivity index (χ0v) is 17.3. The van der Waals surface area contributed by atoms with E-state index in [1.54, 1.807) is 16.2 Å². The molecule has 1 aromatic heterocycles. The van der Waals surface area contributed by atoms with Crippen LogP contribution in [0.4, 0.5) is 0 Å². The molecule has 0 unspecified atom stereocenters. The van der Waals surface area contributed by atoms with Crippen molar-refractivity contribution in [1.29, 1.82) is 0 Å². The lowest BCUT2D eigenvalue weighted by atomic mass is 10.1. The van der Waals surface area contributed by atoms with E-state index < -0.39 is 6.04 Å². The van der Waals surface area contributed by atoms with Crippen molar-refractivity contribution in [2.24, 2.45) is 0 Å². The van der Waals surface area contributed by atoms with Crippen molar-refractivity contribution in [2.75, 3.05) is 6.54 Å². The van der Waals surface area contributed by atoms with E-state index in [0.717, 1.165) is 29.7 Å². The van der Waals surface area contributed by atoms with E-state index in [4.69, 9.17) is 4.74 Å². The van der Waals surface area contributed by atoms with E-state index in [-0.39, 0.29) is 17.9 Å². The molecule has 0 saturated carbocycles. The van der Waals surface area contributed by atoms with Gasteiger partial charge in [-0.3, -0.25) is 9.59 Å². The average molecular weight is 401 g/mol. The van der Waals surface area contributed by atoms with Crippen molar-refractivity contribution >= 4 is 23.2 Å². The van der Waals surface area contributed by atoms with Gasteiger partial charge in [-0.2, -0.15) is 11.3 Å². The number of amides is 2. The van der Waals surface area contributed by atoms with Crippen molar-refractivity contribution in [3.8, 4) is 5.75 Å². The molecule has 0 radical (unpaired) electrons. The zero-order chi connectivity index (χ0) is 19.9. The topological polar surface area (TPSA) is 58.6 Å². The van der Waals surface area contributed by atoms with Crippen molar-refractivity contribution in [3.05, 3.63) is 52.2 Å². The number of nitrogens with one attached hydrogen (secondary N) is 1. The number of benzene rings is 1. The first-order chi connectivity index (χ1) is 13.5. The van der Waals surface area contributed by atoms with Crippen LogP contribution in [0.2, 0.25) is 0 Å². The molecule has 6 heteroatoms. The number of carbonyl (C=O) groups is 2. The molecule has 1 saturated heterocycles. The molecule has 1 aliphatic rings. The van der Waals surface area contributed by atoms with Gasteiger partial charge in [-0.1, -0.05) is 12.1 Å². The van der Waals surface area contributed by atoms with Crippen molar-refractivity contribution < 1.29 is 14.3 Å². The van der Waals surface area contributed by atoms with Crippen LogP contribution in [-0.2, 0) is 22.6 Å². The Balaban J connectivity index is 1.78. The molecule has 1 aromatic carbocycles. The Morgan fingerprint density at radius 2 is 2.00 bits per heavy atom. The fourth-order valence-corrected chi connectivity index (χ4v) is 4.07. The average Bonchev–Trinajstić information content (AvgIpc) is 3.08. The fraction of sp³-hybridized carbons (Fsp3) is 0.455. The van der Waals surface area contributed by atoms with Gasteiger partial charge >= 0.3 is 0 Å². The Labute approximate surface area is 170 Å². The summed E-state index contributed by atoms with van der Waals surface area (Å²) in [5.74, 6) is 0.751. The molecule has 1 aliphatic heterocycles. The van der Waals surface area contributed by atoms with Crippen LogP contribution in [0.1, 0.15) is 44.2 Å². The lowest BCUT2D eigenvalue weighted by Gasteiger charge is -2.30. The van der Waals surface area contributed by atoms with Crippen molar-refractivity contribution in [2.45, 2.75) is 58.2 Å². The van der Waals surface area contributed by atoms with Gasteiger partial charge in [0.2, 0.25) is 11.8 Å². The number of carbonyl (C=O) groups excluding carboxylic acids is 2. The van der Waals surface area contributed by atoms with E-state index in [1.165, 1.54) is 0 Å². The van der Waals surface area contributed by atoms with Gasteiger partial charge in [0.25, 0.3) is 0 Å². The normalized spacial score (nSPS) is 17.1. The third kappa shape index (κ3) is 5.58. The highest BCUT2D eigenvalue weighted by atomic mass is 32.1. The molecule has 2 amide bonds. The molecule has 0 spiro atoms. The maximum atomic E-state index is 13.1. The molecule has 150 valence electrons. The summed E-state index contributed by atoms with van der Waals surface area (Å²) in [5, 5.41) is 6.91. The number of hydrogen-bond donors (Lipinski definition) is 1. The maximum absolute atomic E-state index is 13.1. The smallest absolute Gasteiger partial charge is 0.242 e. The maximum Gasteiger partial charge on any atom is 0.242 e. The first-order valence-electron chi connectivity index (χ1n) is 9.87. The van der Waals surface area contributed by atoms with Gasteiger partial charge in [-0.25, -0.2) is 0 Å². The predicted octanol–water partition coefficient (Wildman–Crippen LogP) is 3.78. The second-order valence-corrected chi connectivity index (χ2v) is 8.22. The summed E-state index contributed by atoms with van der Waals surface area (Å²) in [6.45, 7) is 5.08. The quantitative estimate of drug-likeness (QED) is 0.770. The molecule has 1 atom stereocenters. The van der Waals surface area contributed by atoms with Gasteiger partial charge in [0.15, 0.2) is 0 Å². The monoisotopic (exact) mass is 400 g/mol. The molecule has 2 aromatic rings. The molecular formula is C22H28N2O3S. The predicted molar refractivity (Wildman–Crippen MR) is 111 cm³/mol. The van der Waals surface area contributed by atoms with Crippen LogP contribution in [0, 0.1) is 0 Å². The van der Waals surface area contributed by atoms with Crippen LogP contribution >= 0.6 is 11.3 Å². The van der Waals surface area contributed by atoms with Crippen LogP contribution in [-0.4, -0.2) is 35.4 Å². The number of hydrogen-bond acceptors (Lipinski definition) is 4. The fourth-order valence-electron chi connectivity index (χ4n) is 3.40. The molecule has 3 rings (SSSR count). The van der Waals surface area contributed by atoms with Gasteiger partial charge in [0, 0.05) is 13.1 Å². The molecule has 1 N–H and O–H groups in total. The molecule has 1 fully saturated rings. The van der Waals surface area contributed by atoms with Crippen molar-refractivity contribution in [3.63, 3.8) is 0 Å². The summed E-state index contributed by atoms with van der Waals surface area (Å²) in [5.41, 5.74) is 1.99. The standard InChI is InChI=1S/C22H28N2O3S/c1-16(2)27-19-8-6-17(7-9-19)14-24(20-5-3-4-11-23-22(20)26)21(25)13-18-10-12-28-15-18/h6-10,12,15-16,20H,3-5,11,13-14H2,1-2H3,(H,23,26)/t20-/m0/s1. The highest BCUT2D eigenvalue weighted by Gasteiger charge is 2.30. The molecular weight excluding hydrogens is 372 g/mol. The Morgan fingerprint density at radius 3 is 2.68 bits per heavy atom. The summed E-state index contributed by atoms with van der Waals surface area (Å²) in [6, 6.07) is 9.33. The van der Waals surface area contributed by atoms with E-state index in [2.05, 4.69) is 5.32 Å². The molecule has 2 heterocycles. The second kappa shape index (κ2) is 9.73. The highest BCUT2D eigenvalue weighted by Crippen LogP contribution is 2.20. The van der Waals surface area contributed by atoms with Crippen LogP contribution in [0.25, 0.3) is 0 Å². The van der Waals surface area contributed by atoms with E-state index >= 15 is 0 Å². The van der Waals surface area contributed by atoms with Crippen molar-refractivity contribution in [1.82, 2.24) is 10.2 Å². The Bertz CT molecular complexity index is 772. The summed E-state index contributed by atoms with van der Waals surface area (Å²) in [6.07, 6.45) is 3.03. The zero-order valence-electron chi connectivity index (χ0n) is 16.5. The van der Waals surface area contributed by atoms with Gasteiger partial charge in [-0.05, 0) is 73.2 Å². The van der Waals surface area contributed by atoms with Crippen LogP contribution in [0.15, 0.2) is 41.1 Å². The van der Waals surface area contributed by atoms with Gasteiger partial charge < -0.3 is 15.0 Å². The van der Waals surface area contributed by atoms with Gasteiger partial charge in [-0.15, -0.1) is 0 Å². The van der Waals surface area contributed by atoms with Gasteiger partial charge in [0.05, 0.1) is 12.5 Å². The van der Waals surface area contributed by atoms with E-state index in [1.807, 2.05) is 54.9 Å². The largest absolute Gasteiger partial charge is 0.491 e. The number of nitrogens with zero attached hydrogens (tertiary/aromatic N) is 1. The molecule has 5 nitrogen and oxygen atoms in total. The SMILES string of the molecule is CC(C)Oc1ccc(CN(C(=O)Cc2ccsc2)[C@H]2CCCCNC2=O)cc1. The number of rotatable bonds is 7. The summed E-state index contributed by atoms with van der Waals surface area (Å²) in [4.78, 5) is 27.5. The van der Waals surface area contributed by atoms with Crippen LogP contribution < -0.4 is 10.1 Å². The van der Waals surface area contributed by atoms with Crippen LogP contribution in [0.5, 0.6) is 5.75 Å². The first kappa shape index (κ1) is 20.4. The third-order valence-corrected chi connectivity index (χ3v) is 5.52. The minimum atomic E-state index is -0.416. The highest BCUT2D eigenvalue weighted by molar-refractivity contribution is 7.08. The van der Waals surface area contributed by atoms with E-state index in [9.17, 15) is 9.59 Å². The minimum Gasteiger partial charge on any atom is -0.491 e. The van der Waals surface area contributed by atoms with Crippen LogP contribution in [0.3, 0.4) is 0 Å². The Hall–Kier alpha value is -2.34. The molecule has 0 aliphatic carbocycles. The molecule has 0 bridgehead atoms. The molecule has 28 heavy (non-hydrogen) atoms. The first-order valence-corrected chi connectivity index (χ1v) is 10.8. The second-order valence-electron chi connectivity index (χ2n) is 7.44.